The zero-order valence-electron chi connectivity index (χ0n) is 13.9. The fourth-order valence-electron chi connectivity index (χ4n) is 3.73. The maximum atomic E-state index is 12.3. The first kappa shape index (κ1) is 18.2. The third-order valence-corrected chi connectivity index (χ3v) is 4.84. The van der Waals surface area contributed by atoms with Gasteiger partial charge in [0.25, 0.3) is 5.56 Å². The fourth-order valence-corrected chi connectivity index (χ4v) is 3.73. The number of halogens is 2. The van der Waals surface area contributed by atoms with Crippen molar-refractivity contribution in [3.05, 3.63) is 76.5 Å². The Morgan fingerprint density at radius 1 is 1.12 bits per heavy atom. The van der Waals surface area contributed by atoms with Crippen LogP contribution >= 0.6 is 24.8 Å². The molecule has 1 unspecified atom stereocenters. The number of fused-ring (bicyclic) bond motifs is 5. The van der Waals surface area contributed by atoms with Crippen molar-refractivity contribution in [2.24, 2.45) is 7.05 Å². The van der Waals surface area contributed by atoms with Crippen LogP contribution in [-0.4, -0.2) is 23.9 Å². The number of aryl methyl sites for hydroxylation is 1. The van der Waals surface area contributed by atoms with E-state index < -0.39 is 0 Å². The molecule has 26 heavy (non-hydrogen) atoms. The molecule has 0 bridgehead atoms. The van der Waals surface area contributed by atoms with E-state index in [4.69, 9.17) is 0 Å². The van der Waals surface area contributed by atoms with Crippen molar-refractivity contribution in [2.75, 3.05) is 0 Å². The van der Waals surface area contributed by atoms with E-state index >= 15 is 0 Å². The average Bonchev–Trinajstić information content (AvgIpc) is 3.28. The lowest BCUT2D eigenvalue weighted by Crippen LogP contribution is -2.16. The van der Waals surface area contributed by atoms with Crippen molar-refractivity contribution in [3.8, 4) is 11.3 Å². The Hall–Kier alpha value is -2.57. The van der Waals surface area contributed by atoms with Crippen LogP contribution in [0.2, 0.25) is 0 Å². The van der Waals surface area contributed by atoms with Crippen LogP contribution in [0.5, 0.6) is 0 Å². The van der Waals surface area contributed by atoms with Gasteiger partial charge < -0.3 is 9.55 Å². The standard InChI is InChI=1S/C18H15N5O.2ClH/c1-22-8-6-19-14(22)10-13-11-4-2-3-5-12(11)15-16(13)23-9-7-20-17(23)18(24)21-15;;/h2-9,13H,10H2,1H3,(H,21,24);2*1H. The highest BCUT2D eigenvalue weighted by Gasteiger charge is 2.33. The van der Waals surface area contributed by atoms with E-state index in [1.165, 1.54) is 5.56 Å². The average molecular weight is 390 g/mol. The van der Waals surface area contributed by atoms with Crippen LogP contribution in [0, 0.1) is 0 Å². The number of aromatic nitrogens is 5. The second-order valence-electron chi connectivity index (χ2n) is 6.13. The van der Waals surface area contributed by atoms with Crippen molar-refractivity contribution in [2.45, 2.75) is 12.3 Å². The Kier molecular flexibility index (Phi) is 4.64. The smallest absolute Gasteiger partial charge is 0.292 e. The Morgan fingerprint density at radius 2 is 1.88 bits per heavy atom. The summed E-state index contributed by atoms with van der Waals surface area (Å²) in [5.41, 5.74) is 4.54. The molecule has 0 spiro atoms. The molecule has 4 aromatic rings. The van der Waals surface area contributed by atoms with Crippen LogP contribution in [0.4, 0.5) is 0 Å². The van der Waals surface area contributed by atoms with E-state index in [2.05, 4.69) is 27.1 Å². The van der Waals surface area contributed by atoms with Gasteiger partial charge in [0.2, 0.25) is 5.65 Å². The maximum absolute atomic E-state index is 12.3. The minimum absolute atomic E-state index is 0. The zero-order chi connectivity index (χ0) is 16.3. The monoisotopic (exact) mass is 389 g/mol. The van der Waals surface area contributed by atoms with Gasteiger partial charge in [0.15, 0.2) is 0 Å². The molecule has 134 valence electrons. The molecule has 0 amide bonds. The fraction of sp³-hybridized carbons (Fsp3) is 0.167. The third kappa shape index (κ3) is 2.45. The number of aromatic amines is 1. The molecule has 1 N–H and O–H groups in total. The zero-order valence-corrected chi connectivity index (χ0v) is 15.5. The summed E-state index contributed by atoms with van der Waals surface area (Å²) in [6, 6.07) is 8.23. The van der Waals surface area contributed by atoms with Gasteiger partial charge in [0.1, 0.15) is 5.82 Å². The summed E-state index contributed by atoms with van der Waals surface area (Å²) in [6.45, 7) is 0. The van der Waals surface area contributed by atoms with Gasteiger partial charge >= 0.3 is 0 Å². The molecule has 1 aromatic carbocycles. The molecule has 3 aromatic heterocycles. The molecule has 0 aliphatic heterocycles. The predicted octanol–water partition coefficient (Wildman–Crippen LogP) is 2.95. The maximum Gasteiger partial charge on any atom is 0.292 e. The van der Waals surface area contributed by atoms with E-state index in [0.717, 1.165) is 29.2 Å². The lowest BCUT2D eigenvalue weighted by molar-refractivity contribution is 0.698. The van der Waals surface area contributed by atoms with E-state index in [1.54, 1.807) is 6.20 Å². The summed E-state index contributed by atoms with van der Waals surface area (Å²) >= 11 is 0. The quantitative estimate of drug-likeness (QED) is 0.572. The molecule has 0 radical (unpaired) electrons. The summed E-state index contributed by atoms with van der Waals surface area (Å²) in [7, 11) is 2.00. The van der Waals surface area contributed by atoms with E-state index in [1.807, 2.05) is 46.7 Å². The SMILES string of the molecule is Cl.Cl.Cn1ccnc1CC1c2ccccc2-c2[nH]c(=O)c3nccn3c21. The van der Waals surface area contributed by atoms with Gasteiger partial charge in [-0.05, 0) is 5.56 Å². The Labute approximate surface area is 161 Å². The summed E-state index contributed by atoms with van der Waals surface area (Å²) in [6.07, 6.45) is 8.08. The van der Waals surface area contributed by atoms with Gasteiger partial charge in [-0.2, -0.15) is 0 Å². The highest BCUT2D eigenvalue weighted by atomic mass is 35.5. The Balaban J connectivity index is 0.000000980. The number of imidazole rings is 2. The lowest BCUT2D eigenvalue weighted by Gasteiger charge is -2.14. The van der Waals surface area contributed by atoms with Gasteiger partial charge in [-0.3, -0.25) is 9.20 Å². The largest absolute Gasteiger partial charge is 0.338 e. The summed E-state index contributed by atoms with van der Waals surface area (Å²) in [5.74, 6) is 1.15. The molecule has 0 saturated heterocycles. The molecule has 1 atom stereocenters. The number of hydrogen-bond donors (Lipinski definition) is 1. The number of benzene rings is 1. The summed E-state index contributed by atoms with van der Waals surface area (Å²) < 4.78 is 3.96. The first-order valence-electron chi connectivity index (χ1n) is 7.89. The van der Waals surface area contributed by atoms with E-state index in [0.29, 0.717) is 5.65 Å². The molecule has 0 fully saturated rings. The first-order chi connectivity index (χ1) is 11.7. The van der Waals surface area contributed by atoms with Crippen LogP contribution in [0.25, 0.3) is 16.9 Å². The van der Waals surface area contributed by atoms with Gasteiger partial charge in [-0.15, -0.1) is 24.8 Å². The third-order valence-electron chi connectivity index (χ3n) is 4.84. The lowest BCUT2D eigenvalue weighted by atomic mass is 9.96. The molecule has 1 aliphatic carbocycles. The first-order valence-corrected chi connectivity index (χ1v) is 7.89. The van der Waals surface area contributed by atoms with Crippen molar-refractivity contribution in [3.63, 3.8) is 0 Å². The van der Waals surface area contributed by atoms with Crippen LogP contribution < -0.4 is 5.56 Å². The minimum atomic E-state index is -0.161. The molecule has 8 heteroatoms. The van der Waals surface area contributed by atoms with Gasteiger partial charge in [-0.25, -0.2) is 9.97 Å². The predicted molar refractivity (Wildman–Crippen MR) is 104 cm³/mol. The van der Waals surface area contributed by atoms with Gasteiger partial charge in [-0.1, -0.05) is 24.3 Å². The minimum Gasteiger partial charge on any atom is -0.338 e. The summed E-state index contributed by atoms with van der Waals surface area (Å²) in [5, 5.41) is 0. The van der Waals surface area contributed by atoms with Crippen molar-refractivity contribution in [1.82, 2.24) is 23.9 Å². The van der Waals surface area contributed by atoms with Crippen LogP contribution in [0.15, 0.2) is 53.8 Å². The highest BCUT2D eigenvalue weighted by molar-refractivity contribution is 5.85. The molecular formula is C18H17Cl2N5O. The number of nitrogens with zero attached hydrogens (tertiary/aromatic N) is 4. The molecule has 5 rings (SSSR count). The second kappa shape index (κ2) is 6.63. The molecule has 6 nitrogen and oxygen atoms in total. The van der Waals surface area contributed by atoms with Crippen LogP contribution in [0.1, 0.15) is 23.0 Å². The molecular weight excluding hydrogens is 373 g/mol. The molecule has 3 heterocycles. The molecule has 0 saturated carbocycles. The number of rotatable bonds is 2. The van der Waals surface area contributed by atoms with Crippen molar-refractivity contribution in [1.29, 1.82) is 0 Å². The Morgan fingerprint density at radius 3 is 2.65 bits per heavy atom. The van der Waals surface area contributed by atoms with E-state index in [-0.39, 0.29) is 36.3 Å². The second-order valence-corrected chi connectivity index (χ2v) is 6.13. The highest BCUT2D eigenvalue weighted by Crippen LogP contribution is 2.44. The molecule has 1 aliphatic rings. The van der Waals surface area contributed by atoms with Gasteiger partial charge in [0, 0.05) is 49.7 Å². The van der Waals surface area contributed by atoms with Crippen molar-refractivity contribution < 1.29 is 0 Å². The number of hydrogen-bond acceptors (Lipinski definition) is 3. The normalized spacial score (nSPS) is 14.4. The summed E-state index contributed by atoms with van der Waals surface area (Å²) in [4.78, 5) is 24.0. The van der Waals surface area contributed by atoms with Crippen LogP contribution in [0.3, 0.4) is 0 Å². The Bertz CT molecular complexity index is 1140. The van der Waals surface area contributed by atoms with Crippen LogP contribution in [-0.2, 0) is 13.5 Å². The van der Waals surface area contributed by atoms with Crippen molar-refractivity contribution >= 4 is 30.5 Å². The van der Waals surface area contributed by atoms with Gasteiger partial charge in [0.05, 0.1) is 11.4 Å². The topological polar surface area (TPSA) is 68.0 Å². The number of H-pyrrole nitrogens is 1. The van der Waals surface area contributed by atoms with E-state index in [9.17, 15) is 4.79 Å². The number of nitrogens with one attached hydrogen (secondary N) is 1.